The summed E-state index contributed by atoms with van der Waals surface area (Å²) in [6, 6.07) is 5.65. The predicted molar refractivity (Wildman–Crippen MR) is 81.0 cm³/mol. The van der Waals surface area contributed by atoms with E-state index in [4.69, 9.17) is 0 Å². The largest absolute Gasteiger partial charge is 0.465 e. The van der Waals surface area contributed by atoms with Crippen molar-refractivity contribution in [1.29, 1.82) is 0 Å². The first kappa shape index (κ1) is 16.1. The summed E-state index contributed by atoms with van der Waals surface area (Å²) in [4.78, 5) is 27.6. The molecule has 1 N–H and O–H groups in total. The Morgan fingerprint density at radius 3 is 2.68 bits per heavy atom. The summed E-state index contributed by atoms with van der Waals surface area (Å²) in [6.07, 6.45) is 2.35. The zero-order valence-electron chi connectivity index (χ0n) is 11.7. The van der Waals surface area contributed by atoms with Gasteiger partial charge in [-0.05, 0) is 18.2 Å². The maximum absolute atomic E-state index is 12.1. The molecule has 0 atom stereocenters. The number of methoxy groups -OCH3 is 1. The molecule has 0 unspecified atom stereocenters. The number of hydrogen-bond acceptors (Lipinski definition) is 7. The molecular formula is C13H12N2O5S2. The van der Waals surface area contributed by atoms with E-state index in [1.165, 1.54) is 37.6 Å². The molecule has 2 aromatic rings. The number of carbonyl (C=O) groups is 2. The fraction of sp³-hybridized carbons (Fsp3) is 0.154. The number of esters is 1. The van der Waals surface area contributed by atoms with Crippen LogP contribution in [0.15, 0.2) is 35.4 Å². The van der Waals surface area contributed by atoms with Crippen LogP contribution in [-0.2, 0) is 14.6 Å². The molecule has 1 aromatic heterocycles. The van der Waals surface area contributed by atoms with Crippen molar-refractivity contribution in [3.05, 3.63) is 40.9 Å². The molecular weight excluding hydrogens is 328 g/mol. The first-order chi connectivity index (χ1) is 10.3. The lowest BCUT2D eigenvalue weighted by Crippen LogP contribution is -2.12. The molecule has 0 spiro atoms. The molecule has 1 amide bonds. The topological polar surface area (TPSA) is 102 Å². The number of hydrogen-bond donors (Lipinski definition) is 1. The van der Waals surface area contributed by atoms with Gasteiger partial charge in [0.25, 0.3) is 5.91 Å². The van der Waals surface area contributed by atoms with Crippen LogP contribution in [0, 0.1) is 0 Å². The van der Waals surface area contributed by atoms with Gasteiger partial charge in [-0.25, -0.2) is 18.2 Å². The van der Waals surface area contributed by atoms with E-state index >= 15 is 0 Å². The van der Waals surface area contributed by atoms with Gasteiger partial charge in [-0.1, -0.05) is 17.4 Å². The Hall–Kier alpha value is -2.26. The van der Waals surface area contributed by atoms with Crippen LogP contribution in [0.2, 0.25) is 0 Å². The number of sulfone groups is 1. The number of ether oxygens (including phenoxy) is 1. The van der Waals surface area contributed by atoms with E-state index in [2.05, 4.69) is 15.0 Å². The van der Waals surface area contributed by atoms with Crippen molar-refractivity contribution in [1.82, 2.24) is 4.98 Å². The highest BCUT2D eigenvalue weighted by atomic mass is 32.2. The number of nitrogens with one attached hydrogen (secondary N) is 1. The Morgan fingerprint density at radius 1 is 1.32 bits per heavy atom. The normalized spacial score (nSPS) is 11.0. The lowest BCUT2D eigenvalue weighted by molar-refractivity contribution is 0.0606. The lowest BCUT2D eigenvalue weighted by Gasteiger charge is -2.03. The van der Waals surface area contributed by atoms with Crippen LogP contribution >= 0.6 is 11.3 Å². The van der Waals surface area contributed by atoms with E-state index in [0.717, 1.165) is 17.6 Å². The molecule has 2 rings (SSSR count). The summed E-state index contributed by atoms with van der Waals surface area (Å²) in [5.41, 5.74) is 0.178. The number of thiazole rings is 1. The van der Waals surface area contributed by atoms with Crippen LogP contribution in [0.1, 0.15) is 20.0 Å². The first-order valence-corrected chi connectivity index (χ1v) is 8.67. The highest BCUT2D eigenvalue weighted by Crippen LogP contribution is 2.20. The van der Waals surface area contributed by atoms with E-state index < -0.39 is 21.7 Å². The highest BCUT2D eigenvalue weighted by molar-refractivity contribution is 7.90. The van der Waals surface area contributed by atoms with Crippen molar-refractivity contribution in [2.24, 2.45) is 0 Å². The minimum atomic E-state index is -3.40. The number of benzene rings is 1. The highest BCUT2D eigenvalue weighted by Gasteiger charge is 2.15. The molecule has 0 aliphatic heterocycles. The zero-order chi connectivity index (χ0) is 16.3. The van der Waals surface area contributed by atoms with E-state index in [1.807, 2.05) is 0 Å². The molecule has 0 bridgehead atoms. The molecule has 1 heterocycles. The van der Waals surface area contributed by atoms with Crippen molar-refractivity contribution in [3.8, 4) is 0 Å². The van der Waals surface area contributed by atoms with Crippen molar-refractivity contribution in [2.75, 3.05) is 18.7 Å². The van der Waals surface area contributed by atoms with Crippen LogP contribution in [0.4, 0.5) is 5.13 Å². The Bertz CT molecular complexity index is 826. The third-order valence-electron chi connectivity index (χ3n) is 2.64. The molecule has 116 valence electrons. The van der Waals surface area contributed by atoms with Crippen molar-refractivity contribution < 1.29 is 22.7 Å². The Labute approximate surface area is 130 Å². The third-order valence-corrected chi connectivity index (χ3v) is 4.64. The van der Waals surface area contributed by atoms with Gasteiger partial charge < -0.3 is 4.74 Å². The second kappa shape index (κ2) is 6.24. The Morgan fingerprint density at radius 2 is 2.05 bits per heavy atom. The average Bonchev–Trinajstić information content (AvgIpc) is 2.94. The number of aromatic nitrogens is 1. The quantitative estimate of drug-likeness (QED) is 0.848. The number of amides is 1. The van der Waals surface area contributed by atoms with Gasteiger partial charge in [0.15, 0.2) is 15.0 Å². The summed E-state index contributed by atoms with van der Waals surface area (Å²) >= 11 is 0.962. The second-order valence-electron chi connectivity index (χ2n) is 4.28. The fourth-order valence-corrected chi connectivity index (χ4v) is 2.96. The molecule has 0 fully saturated rings. The molecule has 0 saturated heterocycles. The van der Waals surface area contributed by atoms with Gasteiger partial charge in [-0.15, -0.1) is 0 Å². The van der Waals surface area contributed by atoms with Crippen molar-refractivity contribution in [2.45, 2.75) is 4.90 Å². The number of rotatable bonds is 4. The summed E-state index contributed by atoms with van der Waals surface area (Å²) in [7, 11) is -2.15. The molecule has 9 heteroatoms. The van der Waals surface area contributed by atoms with Gasteiger partial charge in [0.05, 0.1) is 18.2 Å². The third kappa shape index (κ3) is 3.68. The fourth-order valence-electron chi connectivity index (χ4n) is 1.56. The predicted octanol–water partition coefficient (Wildman–Crippen LogP) is 1.59. The maximum atomic E-state index is 12.1. The maximum Gasteiger partial charge on any atom is 0.349 e. The molecule has 1 aromatic carbocycles. The van der Waals surface area contributed by atoms with Crippen LogP contribution in [0.3, 0.4) is 0 Å². The van der Waals surface area contributed by atoms with Crippen molar-refractivity contribution >= 4 is 38.2 Å². The standard InChI is InChI=1S/C13H12N2O5S2/c1-20-12(17)10-7-14-13(21-10)15-11(16)8-4-3-5-9(6-8)22(2,18)19/h3-7H,1-2H3,(H,14,15,16). The van der Waals surface area contributed by atoms with E-state index in [9.17, 15) is 18.0 Å². The van der Waals surface area contributed by atoms with E-state index in [0.29, 0.717) is 0 Å². The number of anilines is 1. The van der Waals surface area contributed by atoms with Crippen LogP contribution in [0.5, 0.6) is 0 Å². The van der Waals surface area contributed by atoms with Gasteiger partial charge in [0.1, 0.15) is 4.88 Å². The molecule has 7 nitrogen and oxygen atoms in total. The minimum absolute atomic E-state index is 0.0505. The Balaban J connectivity index is 2.19. The first-order valence-electron chi connectivity index (χ1n) is 5.97. The second-order valence-corrected chi connectivity index (χ2v) is 7.32. The van der Waals surface area contributed by atoms with Gasteiger partial charge in [-0.2, -0.15) is 0 Å². The average molecular weight is 340 g/mol. The molecule has 0 aliphatic rings. The van der Waals surface area contributed by atoms with Gasteiger partial charge in [0.2, 0.25) is 0 Å². The summed E-state index contributed by atoms with van der Waals surface area (Å²) in [6.45, 7) is 0. The van der Waals surface area contributed by atoms with E-state index in [1.54, 1.807) is 0 Å². The SMILES string of the molecule is COC(=O)c1cnc(NC(=O)c2cccc(S(C)(=O)=O)c2)s1. The Kier molecular flexibility index (Phi) is 4.57. The zero-order valence-corrected chi connectivity index (χ0v) is 13.3. The van der Waals surface area contributed by atoms with Crippen LogP contribution in [0.25, 0.3) is 0 Å². The number of nitrogens with zero attached hydrogens (tertiary/aromatic N) is 1. The minimum Gasteiger partial charge on any atom is -0.465 e. The van der Waals surface area contributed by atoms with Crippen molar-refractivity contribution in [3.63, 3.8) is 0 Å². The summed E-state index contributed by atoms with van der Waals surface area (Å²) in [5.74, 6) is -1.06. The van der Waals surface area contributed by atoms with E-state index in [-0.39, 0.29) is 20.5 Å². The van der Waals surface area contributed by atoms with Gasteiger partial charge >= 0.3 is 5.97 Å². The monoisotopic (exact) mass is 340 g/mol. The molecule has 0 aliphatic carbocycles. The molecule has 0 saturated carbocycles. The molecule has 0 radical (unpaired) electrons. The lowest BCUT2D eigenvalue weighted by atomic mass is 10.2. The summed E-state index contributed by atoms with van der Waals surface area (Å²) in [5, 5.41) is 2.72. The van der Waals surface area contributed by atoms with Gasteiger partial charge in [0, 0.05) is 11.8 Å². The van der Waals surface area contributed by atoms with Crippen LogP contribution < -0.4 is 5.32 Å². The van der Waals surface area contributed by atoms with Crippen LogP contribution in [-0.4, -0.2) is 38.6 Å². The smallest absolute Gasteiger partial charge is 0.349 e. The summed E-state index contributed by atoms with van der Waals surface area (Å²) < 4.78 is 27.5. The molecule has 22 heavy (non-hydrogen) atoms. The number of carbonyl (C=O) groups excluding carboxylic acids is 2. The van der Waals surface area contributed by atoms with Gasteiger partial charge in [-0.3, -0.25) is 10.1 Å².